The average molecular weight is 383 g/mol. The molecule has 2 aromatic carbocycles. The maximum absolute atomic E-state index is 12.3. The van der Waals surface area contributed by atoms with Crippen LogP contribution in [0.5, 0.6) is 11.5 Å². The van der Waals surface area contributed by atoms with Gasteiger partial charge in [0.2, 0.25) is 0 Å². The van der Waals surface area contributed by atoms with Crippen molar-refractivity contribution in [3.63, 3.8) is 0 Å². The average Bonchev–Trinajstić information content (AvgIpc) is 3.13. The number of nitrogens with zero attached hydrogens (tertiary/aromatic N) is 1. The highest BCUT2D eigenvalue weighted by molar-refractivity contribution is 7.18. The van der Waals surface area contributed by atoms with Crippen LogP contribution in [0.2, 0.25) is 0 Å². The zero-order chi connectivity index (χ0) is 18.6. The van der Waals surface area contributed by atoms with E-state index in [2.05, 4.69) is 4.98 Å². The molecule has 0 N–H and O–H groups in total. The second kappa shape index (κ2) is 7.75. The molecular weight excluding hydrogens is 366 g/mol. The monoisotopic (exact) mass is 383 g/mol. The molecule has 2 heterocycles. The van der Waals surface area contributed by atoms with Crippen LogP contribution in [-0.4, -0.2) is 30.0 Å². The number of aromatic nitrogens is 1. The number of para-hydroxylation sites is 1. The second-order valence-electron chi connectivity index (χ2n) is 6.02. The number of esters is 1. The third-order valence-corrected chi connectivity index (χ3v) is 5.13. The van der Waals surface area contributed by atoms with Crippen molar-refractivity contribution in [1.82, 2.24) is 4.98 Å². The van der Waals surface area contributed by atoms with E-state index >= 15 is 0 Å². The number of hydrogen-bond donors (Lipinski definition) is 0. The lowest BCUT2D eigenvalue weighted by Gasteiger charge is -2.18. The predicted octanol–water partition coefficient (Wildman–Crippen LogP) is 3.77. The SMILES string of the molecule is O=C(CCC(=O)c1ccc2c(c1)OCCO2)OCc1nc2ccccc2s1. The minimum atomic E-state index is -0.417. The van der Waals surface area contributed by atoms with Gasteiger partial charge >= 0.3 is 5.97 Å². The summed E-state index contributed by atoms with van der Waals surface area (Å²) < 4.78 is 17.2. The molecule has 4 rings (SSSR count). The molecule has 6 nitrogen and oxygen atoms in total. The van der Waals surface area contributed by atoms with Gasteiger partial charge in [-0.25, -0.2) is 4.98 Å². The molecule has 0 atom stereocenters. The molecule has 0 saturated heterocycles. The van der Waals surface area contributed by atoms with Gasteiger partial charge in [-0.2, -0.15) is 0 Å². The van der Waals surface area contributed by atoms with Crippen LogP contribution in [-0.2, 0) is 16.1 Å². The number of carbonyl (C=O) groups is 2. The molecule has 27 heavy (non-hydrogen) atoms. The summed E-state index contributed by atoms with van der Waals surface area (Å²) in [7, 11) is 0. The Morgan fingerprint density at radius 3 is 2.70 bits per heavy atom. The fourth-order valence-corrected chi connectivity index (χ4v) is 3.65. The highest BCUT2D eigenvalue weighted by atomic mass is 32.1. The van der Waals surface area contributed by atoms with Crippen molar-refractivity contribution in [2.24, 2.45) is 0 Å². The first-order chi connectivity index (χ1) is 13.2. The molecule has 138 valence electrons. The fraction of sp³-hybridized carbons (Fsp3) is 0.250. The molecule has 0 radical (unpaired) electrons. The number of ether oxygens (including phenoxy) is 3. The standard InChI is InChI=1S/C20H17NO5S/c22-15(13-5-7-16-17(11-13)25-10-9-24-16)6-8-20(23)26-12-19-21-14-3-1-2-4-18(14)27-19/h1-5,7,11H,6,8-10,12H2. The Balaban J connectivity index is 1.29. The number of hydrogen-bond acceptors (Lipinski definition) is 7. The number of carbonyl (C=O) groups excluding carboxylic acids is 2. The molecule has 3 aromatic rings. The van der Waals surface area contributed by atoms with E-state index in [-0.39, 0.29) is 25.2 Å². The Kier molecular flexibility index (Phi) is 5.02. The molecule has 0 amide bonds. The van der Waals surface area contributed by atoms with Crippen molar-refractivity contribution in [1.29, 1.82) is 0 Å². The summed E-state index contributed by atoms with van der Waals surface area (Å²) in [5, 5.41) is 0.739. The minimum Gasteiger partial charge on any atom is -0.486 e. The summed E-state index contributed by atoms with van der Waals surface area (Å²) in [6.45, 7) is 1.08. The lowest BCUT2D eigenvalue weighted by atomic mass is 10.1. The van der Waals surface area contributed by atoms with E-state index in [0.29, 0.717) is 30.3 Å². The van der Waals surface area contributed by atoms with Crippen molar-refractivity contribution in [3.05, 3.63) is 53.0 Å². The van der Waals surface area contributed by atoms with Crippen LogP contribution >= 0.6 is 11.3 Å². The highest BCUT2D eigenvalue weighted by Gasteiger charge is 2.16. The largest absolute Gasteiger partial charge is 0.486 e. The third-order valence-electron chi connectivity index (χ3n) is 4.12. The number of Topliss-reactive ketones (excluding diaryl/α,β-unsaturated/α-hetero) is 1. The van der Waals surface area contributed by atoms with Gasteiger partial charge < -0.3 is 14.2 Å². The van der Waals surface area contributed by atoms with Crippen molar-refractivity contribution < 1.29 is 23.8 Å². The van der Waals surface area contributed by atoms with Gasteiger partial charge in [0.25, 0.3) is 0 Å². The molecule has 0 spiro atoms. The Labute approximate surface area is 159 Å². The zero-order valence-electron chi connectivity index (χ0n) is 14.5. The van der Waals surface area contributed by atoms with E-state index in [1.54, 1.807) is 18.2 Å². The molecule has 7 heteroatoms. The zero-order valence-corrected chi connectivity index (χ0v) is 15.3. The van der Waals surface area contributed by atoms with Crippen LogP contribution < -0.4 is 9.47 Å². The quantitative estimate of drug-likeness (QED) is 0.476. The van der Waals surface area contributed by atoms with Gasteiger partial charge in [-0.05, 0) is 30.3 Å². The van der Waals surface area contributed by atoms with Gasteiger partial charge in [0, 0.05) is 12.0 Å². The second-order valence-corrected chi connectivity index (χ2v) is 7.13. The Hall–Kier alpha value is -2.93. The van der Waals surface area contributed by atoms with Gasteiger partial charge in [-0.1, -0.05) is 12.1 Å². The van der Waals surface area contributed by atoms with Crippen LogP contribution in [0.25, 0.3) is 10.2 Å². The first kappa shape index (κ1) is 17.5. The van der Waals surface area contributed by atoms with Crippen molar-refractivity contribution in [3.8, 4) is 11.5 Å². The number of fused-ring (bicyclic) bond motifs is 2. The Morgan fingerprint density at radius 1 is 1.04 bits per heavy atom. The first-order valence-electron chi connectivity index (χ1n) is 8.62. The molecule has 0 bridgehead atoms. The summed E-state index contributed by atoms with van der Waals surface area (Å²) in [6, 6.07) is 12.8. The molecule has 1 aromatic heterocycles. The van der Waals surface area contributed by atoms with Gasteiger partial charge in [-0.15, -0.1) is 11.3 Å². The van der Waals surface area contributed by atoms with Gasteiger partial charge in [0.05, 0.1) is 16.6 Å². The van der Waals surface area contributed by atoms with E-state index < -0.39 is 5.97 Å². The highest BCUT2D eigenvalue weighted by Crippen LogP contribution is 2.31. The molecule has 1 aliphatic heterocycles. The molecular formula is C20H17NO5S. The van der Waals surface area contributed by atoms with Crippen LogP contribution in [0.15, 0.2) is 42.5 Å². The van der Waals surface area contributed by atoms with Gasteiger partial charge in [-0.3, -0.25) is 9.59 Å². The number of ketones is 1. The Morgan fingerprint density at radius 2 is 1.85 bits per heavy atom. The predicted molar refractivity (Wildman–Crippen MR) is 100 cm³/mol. The van der Waals surface area contributed by atoms with Crippen LogP contribution in [0.4, 0.5) is 0 Å². The van der Waals surface area contributed by atoms with Crippen molar-refractivity contribution in [2.75, 3.05) is 13.2 Å². The summed E-state index contributed by atoms with van der Waals surface area (Å²) in [6.07, 6.45) is 0.108. The summed E-state index contributed by atoms with van der Waals surface area (Å²) >= 11 is 1.49. The lowest BCUT2D eigenvalue weighted by Crippen LogP contribution is -2.16. The number of benzene rings is 2. The molecule has 1 aliphatic rings. The molecule has 0 saturated carbocycles. The van der Waals surface area contributed by atoms with E-state index in [0.717, 1.165) is 15.2 Å². The number of thiazole rings is 1. The van der Waals surface area contributed by atoms with Crippen LogP contribution in [0.1, 0.15) is 28.2 Å². The van der Waals surface area contributed by atoms with E-state index in [1.807, 2.05) is 24.3 Å². The molecule has 0 aliphatic carbocycles. The summed E-state index contributed by atoms with van der Waals surface area (Å²) in [4.78, 5) is 28.7. The van der Waals surface area contributed by atoms with Gasteiger partial charge in [0.1, 0.15) is 24.8 Å². The van der Waals surface area contributed by atoms with Crippen molar-refractivity contribution in [2.45, 2.75) is 19.4 Å². The van der Waals surface area contributed by atoms with Crippen LogP contribution in [0.3, 0.4) is 0 Å². The topological polar surface area (TPSA) is 74.7 Å². The first-order valence-corrected chi connectivity index (χ1v) is 9.43. The number of rotatable bonds is 6. The summed E-state index contributed by atoms with van der Waals surface area (Å²) in [5.74, 6) is 0.641. The van der Waals surface area contributed by atoms with Crippen molar-refractivity contribution >= 4 is 33.3 Å². The van der Waals surface area contributed by atoms with E-state index in [1.165, 1.54) is 11.3 Å². The molecule has 0 unspecified atom stereocenters. The fourth-order valence-electron chi connectivity index (χ4n) is 2.77. The molecule has 0 fully saturated rings. The maximum Gasteiger partial charge on any atom is 0.306 e. The summed E-state index contributed by atoms with van der Waals surface area (Å²) in [5.41, 5.74) is 1.39. The normalized spacial score (nSPS) is 12.7. The smallest absolute Gasteiger partial charge is 0.306 e. The van der Waals surface area contributed by atoms with Crippen LogP contribution in [0, 0.1) is 0 Å². The van der Waals surface area contributed by atoms with E-state index in [4.69, 9.17) is 14.2 Å². The maximum atomic E-state index is 12.3. The third kappa shape index (κ3) is 4.09. The van der Waals surface area contributed by atoms with E-state index in [9.17, 15) is 9.59 Å². The Bertz CT molecular complexity index is 964. The minimum absolute atomic E-state index is 0.0260. The lowest BCUT2D eigenvalue weighted by molar-refractivity contribution is -0.144. The van der Waals surface area contributed by atoms with Gasteiger partial charge in [0.15, 0.2) is 17.3 Å².